The number of hydrogen-bond donors (Lipinski definition) is 1. The van der Waals surface area contributed by atoms with Crippen LogP contribution in [0.3, 0.4) is 0 Å². The summed E-state index contributed by atoms with van der Waals surface area (Å²) in [5, 5.41) is 0. The average molecular weight is 271 g/mol. The summed E-state index contributed by atoms with van der Waals surface area (Å²) < 4.78 is 1.11. The lowest BCUT2D eigenvalue weighted by Crippen LogP contribution is -2.37. The van der Waals surface area contributed by atoms with E-state index in [1.807, 2.05) is 0 Å². The van der Waals surface area contributed by atoms with Crippen LogP contribution in [0.25, 0.3) is 0 Å². The second-order valence-corrected chi connectivity index (χ2v) is 4.84. The van der Waals surface area contributed by atoms with E-state index in [0.29, 0.717) is 6.04 Å². The Morgan fingerprint density at radius 2 is 1.87 bits per heavy atom. The fraction of sp³-hybridized carbons (Fsp3) is 0.500. The Hall–Kier alpha value is -0.380. The third-order valence-corrected chi connectivity index (χ3v) is 3.21. The predicted molar refractivity (Wildman–Crippen MR) is 68.8 cm³/mol. The number of likely N-dealkylation sites (N-methyl/N-ethyl adjacent to an activating group) is 1. The molecule has 2 N–H and O–H groups in total. The zero-order chi connectivity index (χ0) is 11.4. The third kappa shape index (κ3) is 3.30. The van der Waals surface area contributed by atoms with Crippen LogP contribution in [0.15, 0.2) is 28.7 Å². The summed E-state index contributed by atoms with van der Waals surface area (Å²) in [5.74, 6) is 0. The van der Waals surface area contributed by atoms with Gasteiger partial charge in [-0.3, -0.25) is 4.90 Å². The summed E-state index contributed by atoms with van der Waals surface area (Å²) in [6, 6.07) is 8.82. The minimum atomic E-state index is 0.135. The second kappa shape index (κ2) is 5.64. The van der Waals surface area contributed by atoms with Crippen LogP contribution < -0.4 is 5.73 Å². The first-order valence-corrected chi connectivity index (χ1v) is 6.06. The molecule has 0 aliphatic carbocycles. The maximum Gasteiger partial charge on any atom is 0.0493 e. The zero-order valence-electron chi connectivity index (χ0n) is 9.57. The van der Waals surface area contributed by atoms with E-state index in [4.69, 9.17) is 5.73 Å². The highest BCUT2D eigenvalue weighted by Crippen LogP contribution is 2.23. The van der Waals surface area contributed by atoms with E-state index < -0.39 is 0 Å². The van der Waals surface area contributed by atoms with Gasteiger partial charge < -0.3 is 5.73 Å². The molecule has 1 aromatic rings. The van der Waals surface area contributed by atoms with Crippen molar-refractivity contribution >= 4 is 15.9 Å². The molecule has 0 aromatic heterocycles. The normalized spacial score (nSPS) is 15.3. The first-order valence-electron chi connectivity index (χ1n) is 5.27. The largest absolute Gasteiger partial charge is 0.326 e. The maximum atomic E-state index is 6.03. The molecule has 0 fully saturated rings. The lowest BCUT2D eigenvalue weighted by molar-refractivity contribution is 0.230. The fourth-order valence-electron chi connectivity index (χ4n) is 1.82. The molecule has 0 saturated heterocycles. The van der Waals surface area contributed by atoms with Gasteiger partial charge in [-0.1, -0.05) is 35.0 Å². The lowest BCUT2D eigenvalue weighted by Gasteiger charge is -2.30. The van der Waals surface area contributed by atoms with Crippen molar-refractivity contribution in [3.63, 3.8) is 0 Å². The van der Waals surface area contributed by atoms with Crippen molar-refractivity contribution in [1.29, 1.82) is 0 Å². The molecule has 2 atom stereocenters. The molecular formula is C12H19BrN2. The van der Waals surface area contributed by atoms with Crippen molar-refractivity contribution in [2.45, 2.75) is 25.9 Å². The Bertz CT molecular complexity index is 295. The molecule has 1 rings (SSSR count). The van der Waals surface area contributed by atoms with Gasteiger partial charge >= 0.3 is 0 Å². The number of hydrogen-bond acceptors (Lipinski definition) is 2. The molecule has 15 heavy (non-hydrogen) atoms. The van der Waals surface area contributed by atoms with Gasteiger partial charge in [0, 0.05) is 16.6 Å². The Kier molecular flexibility index (Phi) is 4.77. The molecule has 0 spiro atoms. The van der Waals surface area contributed by atoms with Crippen LogP contribution >= 0.6 is 15.9 Å². The van der Waals surface area contributed by atoms with Crippen LogP contribution in [-0.4, -0.2) is 24.5 Å². The smallest absolute Gasteiger partial charge is 0.0493 e. The minimum absolute atomic E-state index is 0.135. The number of benzene rings is 1. The quantitative estimate of drug-likeness (QED) is 0.912. The molecule has 0 amide bonds. The SMILES string of the molecule is CCN(C)C(c1ccc(Br)cc1)C(C)N. The van der Waals surface area contributed by atoms with Crippen molar-refractivity contribution in [1.82, 2.24) is 4.90 Å². The Balaban J connectivity index is 2.94. The van der Waals surface area contributed by atoms with Crippen molar-refractivity contribution < 1.29 is 0 Å². The molecule has 0 saturated carbocycles. The molecule has 1 aromatic carbocycles. The third-order valence-electron chi connectivity index (χ3n) is 2.68. The lowest BCUT2D eigenvalue weighted by atomic mass is 10.00. The van der Waals surface area contributed by atoms with Crippen LogP contribution in [0, 0.1) is 0 Å². The van der Waals surface area contributed by atoms with Gasteiger partial charge in [0.15, 0.2) is 0 Å². The highest BCUT2D eigenvalue weighted by atomic mass is 79.9. The summed E-state index contributed by atoms with van der Waals surface area (Å²) in [7, 11) is 2.11. The Labute approximate surface area is 101 Å². The number of halogens is 1. The fourth-order valence-corrected chi connectivity index (χ4v) is 2.08. The van der Waals surface area contributed by atoms with Crippen LogP contribution in [0.5, 0.6) is 0 Å². The number of rotatable bonds is 4. The van der Waals surface area contributed by atoms with Crippen molar-refractivity contribution in [3.05, 3.63) is 34.3 Å². The molecule has 3 heteroatoms. The van der Waals surface area contributed by atoms with Crippen LogP contribution in [-0.2, 0) is 0 Å². The van der Waals surface area contributed by atoms with E-state index in [1.54, 1.807) is 0 Å². The molecule has 2 nitrogen and oxygen atoms in total. The molecule has 0 radical (unpaired) electrons. The molecular weight excluding hydrogens is 252 g/mol. The standard InChI is InChI=1S/C12H19BrN2/c1-4-15(3)12(9(2)14)10-5-7-11(13)8-6-10/h5-9,12H,4,14H2,1-3H3. The topological polar surface area (TPSA) is 29.3 Å². The van der Waals surface area contributed by atoms with E-state index >= 15 is 0 Å². The van der Waals surface area contributed by atoms with Gasteiger partial charge in [-0.25, -0.2) is 0 Å². The average Bonchev–Trinajstić information content (AvgIpc) is 2.20. The van der Waals surface area contributed by atoms with E-state index in [9.17, 15) is 0 Å². The van der Waals surface area contributed by atoms with E-state index in [1.165, 1.54) is 5.56 Å². The van der Waals surface area contributed by atoms with Crippen molar-refractivity contribution in [2.24, 2.45) is 5.73 Å². The van der Waals surface area contributed by atoms with Gasteiger partial charge in [-0.05, 0) is 38.2 Å². The Morgan fingerprint density at radius 3 is 2.27 bits per heavy atom. The summed E-state index contributed by atoms with van der Waals surface area (Å²) >= 11 is 3.44. The van der Waals surface area contributed by atoms with Gasteiger partial charge in [0.2, 0.25) is 0 Å². The summed E-state index contributed by atoms with van der Waals surface area (Å²) in [5.41, 5.74) is 7.31. The van der Waals surface area contributed by atoms with Crippen LogP contribution in [0.4, 0.5) is 0 Å². The van der Waals surface area contributed by atoms with Gasteiger partial charge in [-0.2, -0.15) is 0 Å². The van der Waals surface area contributed by atoms with Crippen molar-refractivity contribution in [3.8, 4) is 0 Å². The first-order chi connectivity index (χ1) is 7.06. The minimum Gasteiger partial charge on any atom is -0.326 e. The highest BCUT2D eigenvalue weighted by Gasteiger charge is 2.19. The van der Waals surface area contributed by atoms with Gasteiger partial charge in [0.05, 0.1) is 0 Å². The van der Waals surface area contributed by atoms with Gasteiger partial charge in [-0.15, -0.1) is 0 Å². The second-order valence-electron chi connectivity index (χ2n) is 3.93. The number of nitrogens with zero attached hydrogens (tertiary/aromatic N) is 1. The monoisotopic (exact) mass is 270 g/mol. The van der Waals surface area contributed by atoms with E-state index in [0.717, 1.165) is 11.0 Å². The molecule has 0 bridgehead atoms. The summed E-state index contributed by atoms with van der Waals surface area (Å²) in [4.78, 5) is 2.27. The maximum absolute atomic E-state index is 6.03. The van der Waals surface area contributed by atoms with Gasteiger partial charge in [0.1, 0.15) is 0 Å². The van der Waals surface area contributed by atoms with Crippen LogP contribution in [0.1, 0.15) is 25.5 Å². The van der Waals surface area contributed by atoms with E-state index in [2.05, 4.69) is 66.0 Å². The van der Waals surface area contributed by atoms with Gasteiger partial charge in [0.25, 0.3) is 0 Å². The highest BCUT2D eigenvalue weighted by molar-refractivity contribution is 9.10. The molecule has 2 unspecified atom stereocenters. The summed E-state index contributed by atoms with van der Waals surface area (Å²) in [6.07, 6.45) is 0. The summed E-state index contributed by atoms with van der Waals surface area (Å²) in [6.45, 7) is 5.20. The van der Waals surface area contributed by atoms with E-state index in [-0.39, 0.29) is 6.04 Å². The molecule has 0 aliphatic rings. The first kappa shape index (κ1) is 12.7. The zero-order valence-corrected chi connectivity index (χ0v) is 11.2. The number of nitrogens with two attached hydrogens (primary N) is 1. The van der Waals surface area contributed by atoms with Crippen molar-refractivity contribution in [2.75, 3.05) is 13.6 Å². The molecule has 0 heterocycles. The van der Waals surface area contributed by atoms with Crippen LogP contribution in [0.2, 0.25) is 0 Å². The molecule has 84 valence electrons. The predicted octanol–water partition coefficient (Wildman–Crippen LogP) is 2.79. The molecule has 0 aliphatic heterocycles. The Morgan fingerprint density at radius 1 is 1.33 bits per heavy atom.